The standard InChI is InChI=1S/C7H11N3O3.2Na.2H/c1-2-3-4-10-6(12)8-5(11)9-7(10)13;;;;/h2-4H2,1H3,(H2,8,9,11,12,13);;;;. The van der Waals surface area contributed by atoms with Crippen molar-refractivity contribution in [1.29, 1.82) is 0 Å². The summed E-state index contributed by atoms with van der Waals surface area (Å²) in [7, 11) is 0. The van der Waals surface area contributed by atoms with Gasteiger partial charge in [-0.1, -0.05) is 13.3 Å². The number of aromatic amines is 2. The van der Waals surface area contributed by atoms with E-state index in [1.54, 1.807) is 0 Å². The Labute approximate surface area is 130 Å². The van der Waals surface area contributed by atoms with E-state index in [9.17, 15) is 14.4 Å². The summed E-state index contributed by atoms with van der Waals surface area (Å²) in [5, 5.41) is 0. The minimum absolute atomic E-state index is 0. The predicted octanol–water partition coefficient (Wildman–Crippen LogP) is -2.27. The molecule has 0 saturated carbocycles. The molecule has 0 aliphatic heterocycles. The second-order valence-electron chi connectivity index (χ2n) is 2.69. The van der Waals surface area contributed by atoms with E-state index in [1.165, 1.54) is 0 Å². The van der Waals surface area contributed by atoms with Crippen molar-refractivity contribution in [3.05, 3.63) is 31.5 Å². The van der Waals surface area contributed by atoms with Crippen molar-refractivity contribution in [2.45, 2.75) is 26.3 Å². The van der Waals surface area contributed by atoms with Gasteiger partial charge in [-0.3, -0.25) is 9.97 Å². The topological polar surface area (TPSA) is 87.7 Å². The molecule has 0 saturated heterocycles. The molecule has 0 aliphatic rings. The maximum atomic E-state index is 11.1. The zero-order chi connectivity index (χ0) is 9.84. The van der Waals surface area contributed by atoms with Crippen LogP contribution in [0.1, 0.15) is 19.8 Å². The summed E-state index contributed by atoms with van der Waals surface area (Å²) in [4.78, 5) is 36.7. The molecule has 6 nitrogen and oxygen atoms in total. The monoisotopic (exact) mass is 233 g/mol. The van der Waals surface area contributed by atoms with E-state index in [-0.39, 0.29) is 59.1 Å². The molecular weight excluding hydrogens is 220 g/mol. The SMILES string of the molecule is CCCCn1c(=O)[nH]c(=O)[nH]c1=O.[NaH].[NaH]. The predicted molar refractivity (Wildman–Crippen MR) is 61.1 cm³/mol. The molecule has 0 spiro atoms. The van der Waals surface area contributed by atoms with Crippen molar-refractivity contribution in [2.75, 3.05) is 0 Å². The van der Waals surface area contributed by atoms with Crippen LogP contribution in [-0.4, -0.2) is 73.6 Å². The third-order valence-corrected chi connectivity index (χ3v) is 1.67. The van der Waals surface area contributed by atoms with Gasteiger partial charge in [0, 0.05) is 6.54 Å². The Morgan fingerprint density at radius 2 is 1.53 bits per heavy atom. The van der Waals surface area contributed by atoms with Crippen LogP contribution in [0.5, 0.6) is 0 Å². The van der Waals surface area contributed by atoms with Gasteiger partial charge in [-0.05, 0) is 6.42 Å². The molecule has 1 aromatic heterocycles. The third kappa shape index (κ3) is 5.33. The van der Waals surface area contributed by atoms with Crippen molar-refractivity contribution in [2.24, 2.45) is 0 Å². The summed E-state index contributed by atoms with van der Waals surface area (Å²) in [5.41, 5.74) is -2.06. The quantitative estimate of drug-likeness (QED) is 0.577. The van der Waals surface area contributed by atoms with Crippen LogP contribution in [0, 0.1) is 0 Å². The first-order valence-corrected chi connectivity index (χ1v) is 4.08. The Bertz CT molecular complexity index is 414. The molecule has 15 heavy (non-hydrogen) atoms. The number of hydrogen-bond acceptors (Lipinski definition) is 3. The van der Waals surface area contributed by atoms with Crippen molar-refractivity contribution >= 4 is 59.1 Å². The number of nitrogens with zero attached hydrogens (tertiary/aromatic N) is 1. The average Bonchev–Trinajstić information content (AvgIpc) is 2.02. The average molecular weight is 233 g/mol. The molecule has 0 fully saturated rings. The molecule has 8 heteroatoms. The van der Waals surface area contributed by atoms with E-state index in [2.05, 4.69) is 0 Å². The molecule has 0 atom stereocenters. The first-order chi connectivity index (χ1) is 6.15. The molecule has 2 N–H and O–H groups in total. The first kappa shape index (κ1) is 17.8. The van der Waals surface area contributed by atoms with E-state index in [0.717, 1.165) is 17.4 Å². The number of hydrogen-bond donors (Lipinski definition) is 2. The van der Waals surface area contributed by atoms with Crippen molar-refractivity contribution < 1.29 is 0 Å². The first-order valence-electron chi connectivity index (χ1n) is 4.08. The summed E-state index contributed by atoms with van der Waals surface area (Å²) in [6.07, 6.45) is 1.61. The van der Waals surface area contributed by atoms with Crippen LogP contribution >= 0.6 is 0 Å². The van der Waals surface area contributed by atoms with Gasteiger partial charge < -0.3 is 0 Å². The van der Waals surface area contributed by atoms with Crippen LogP contribution in [0.2, 0.25) is 0 Å². The van der Waals surface area contributed by atoms with Gasteiger partial charge in [0.1, 0.15) is 0 Å². The molecule has 1 aromatic rings. The number of nitrogens with one attached hydrogen (secondary N) is 2. The molecular formula is C7H13N3Na2O3. The Kier molecular flexibility index (Phi) is 10.1. The molecule has 0 aromatic carbocycles. The van der Waals surface area contributed by atoms with Gasteiger partial charge >= 0.3 is 76.2 Å². The molecule has 0 radical (unpaired) electrons. The zero-order valence-electron chi connectivity index (χ0n) is 7.29. The van der Waals surface area contributed by atoms with Crippen LogP contribution < -0.4 is 17.1 Å². The van der Waals surface area contributed by atoms with Gasteiger partial charge in [0.25, 0.3) is 0 Å². The van der Waals surface area contributed by atoms with Crippen LogP contribution in [0.3, 0.4) is 0 Å². The van der Waals surface area contributed by atoms with Gasteiger partial charge in [0.2, 0.25) is 0 Å². The van der Waals surface area contributed by atoms with Crippen molar-refractivity contribution in [3.8, 4) is 0 Å². The Hall–Kier alpha value is 0.410. The molecule has 0 aliphatic carbocycles. The third-order valence-electron chi connectivity index (χ3n) is 1.67. The fourth-order valence-electron chi connectivity index (χ4n) is 0.972. The van der Waals surface area contributed by atoms with Crippen molar-refractivity contribution in [1.82, 2.24) is 14.5 Å². The molecule has 1 heterocycles. The Balaban J connectivity index is 0. The molecule has 0 unspecified atom stereocenters. The molecule has 0 bridgehead atoms. The van der Waals surface area contributed by atoms with Gasteiger partial charge in [-0.25, -0.2) is 19.0 Å². The van der Waals surface area contributed by atoms with E-state index >= 15 is 0 Å². The van der Waals surface area contributed by atoms with Gasteiger partial charge in [0.05, 0.1) is 0 Å². The fraction of sp³-hybridized carbons (Fsp3) is 0.571. The molecule has 1 rings (SSSR count). The van der Waals surface area contributed by atoms with Gasteiger partial charge in [0.15, 0.2) is 0 Å². The van der Waals surface area contributed by atoms with Crippen LogP contribution in [0.4, 0.5) is 0 Å². The number of H-pyrrole nitrogens is 2. The molecule has 0 amide bonds. The summed E-state index contributed by atoms with van der Waals surface area (Å²) >= 11 is 0. The second kappa shape index (κ2) is 8.55. The maximum absolute atomic E-state index is 11.1. The number of unbranched alkanes of at least 4 members (excludes halogenated alkanes) is 1. The number of rotatable bonds is 3. The summed E-state index contributed by atoms with van der Waals surface area (Å²) in [6, 6.07) is 0. The van der Waals surface area contributed by atoms with Crippen molar-refractivity contribution in [3.63, 3.8) is 0 Å². The summed E-state index contributed by atoms with van der Waals surface area (Å²) in [5.74, 6) is 0. The van der Waals surface area contributed by atoms with E-state index < -0.39 is 17.1 Å². The minimum atomic E-state index is -0.761. The molecule has 76 valence electrons. The second-order valence-corrected chi connectivity index (χ2v) is 2.69. The number of aromatic nitrogens is 3. The van der Waals surface area contributed by atoms with E-state index in [4.69, 9.17) is 0 Å². The van der Waals surface area contributed by atoms with Crippen LogP contribution in [0.15, 0.2) is 14.4 Å². The van der Waals surface area contributed by atoms with Crippen LogP contribution in [0.25, 0.3) is 0 Å². The van der Waals surface area contributed by atoms with Gasteiger partial charge in [-0.15, -0.1) is 0 Å². The van der Waals surface area contributed by atoms with Gasteiger partial charge in [-0.2, -0.15) is 0 Å². The zero-order valence-corrected chi connectivity index (χ0v) is 7.29. The fourth-order valence-corrected chi connectivity index (χ4v) is 0.972. The normalized spacial score (nSPS) is 8.87. The Morgan fingerprint density at radius 3 is 1.93 bits per heavy atom. The summed E-state index contributed by atoms with van der Waals surface area (Å²) in [6.45, 7) is 2.28. The Morgan fingerprint density at radius 1 is 1.07 bits per heavy atom. The van der Waals surface area contributed by atoms with E-state index in [1.807, 2.05) is 16.9 Å². The van der Waals surface area contributed by atoms with Crippen LogP contribution in [-0.2, 0) is 6.54 Å². The summed E-state index contributed by atoms with van der Waals surface area (Å²) < 4.78 is 0.977. The van der Waals surface area contributed by atoms with E-state index in [0.29, 0.717) is 6.54 Å².